The molecule has 3 rings (SSSR count). The van der Waals surface area contributed by atoms with Crippen molar-refractivity contribution in [3.8, 4) is 0 Å². The Morgan fingerprint density at radius 2 is 2.09 bits per heavy atom. The van der Waals surface area contributed by atoms with Crippen LogP contribution in [0.5, 0.6) is 0 Å². The van der Waals surface area contributed by atoms with Crippen LogP contribution in [0.4, 0.5) is 4.79 Å². The quantitative estimate of drug-likeness (QED) is 0.928. The van der Waals surface area contributed by atoms with E-state index < -0.39 is 0 Å². The van der Waals surface area contributed by atoms with Gasteiger partial charge in [0.1, 0.15) is 0 Å². The predicted octanol–water partition coefficient (Wildman–Crippen LogP) is 3.08. The van der Waals surface area contributed by atoms with Crippen molar-refractivity contribution in [2.75, 3.05) is 26.8 Å². The molecule has 2 fully saturated rings. The summed E-state index contributed by atoms with van der Waals surface area (Å²) in [5.74, 6) is 0.595. The predicted molar refractivity (Wildman–Crippen MR) is 88.1 cm³/mol. The summed E-state index contributed by atoms with van der Waals surface area (Å²) in [4.78, 5) is 17.3. The maximum Gasteiger partial charge on any atom is 0.341 e. The van der Waals surface area contributed by atoms with Crippen LogP contribution in [0.2, 0.25) is 0 Å². The fourth-order valence-electron chi connectivity index (χ4n) is 3.59. The number of ether oxygens (including phenoxy) is 1. The van der Waals surface area contributed by atoms with Gasteiger partial charge in [-0.1, -0.05) is 30.3 Å². The fourth-order valence-corrected chi connectivity index (χ4v) is 3.59. The van der Waals surface area contributed by atoms with E-state index in [4.69, 9.17) is 9.57 Å². The number of urea groups is 1. The number of amides is 2. The van der Waals surface area contributed by atoms with E-state index >= 15 is 0 Å². The van der Waals surface area contributed by atoms with Crippen molar-refractivity contribution in [1.82, 2.24) is 10.4 Å². The lowest BCUT2D eigenvalue weighted by atomic mass is 9.76. The molecule has 126 valence electrons. The second-order valence-corrected chi connectivity index (χ2v) is 6.52. The van der Waals surface area contributed by atoms with Gasteiger partial charge in [-0.15, -0.1) is 0 Å². The molecule has 0 radical (unpaired) electrons. The maximum atomic E-state index is 12.1. The summed E-state index contributed by atoms with van der Waals surface area (Å²) in [6.45, 7) is 1.84. The summed E-state index contributed by atoms with van der Waals surface area (Å²) < 4.78 is 5.80. The van der Waals surface area contributed by atoms with Crippen molar-refractivity contribution in [2.45, 2.75) is 43.6 Å². The van der Waals surface area contributed by atoms with E-state index in [9.17, 15) is 4.79 Å². The fraction of sp³-hybridized carbons (Fsp3) is 0.611. The van der Waals surface area contributed by atoms with Crippen LogP contribution >= 0.6 is 0 Å². The van der Waals surface area contributed by atoms with Crippen LogP contribution in [-0.2, 0) is 9.57 Å². The highest BCUT2D eigenvalue weighted by molar-refractivity contribution is 5.73. The Balaban J connectivity index is 1.52. The molecule has 1 N–H and O–H groups in total. The summed E-state index contributed by atoms with van der Waals surface area (Å²) in [6, 6.07) is 10.5. The molecule has 0 spiro atoms. The minimum Gasteiger partial charge on any atom is -0.376 e. The first-order valence-electron chi connectivity index (χ1n) is 8.51. The number of methoxy groups -OCH3 is 1. The third kappa shape index (κ3) is 3.85. The van der Waals surface area contributed by atoms with E-state index in [-0.39, 0.29) is 11.6 Å². The zero-order valence-electron chi connectivity index (χ0n) is 13.8. The van der Waals surface area contributed by atoms with Crippen molar-refractivity contribution in [3.05, 3.63) is 35.9 Å². The van der Waals surface area contributed by atoms with E-state index in [1.165, 1.54) is 10.6 Å². The lowest BCUT2D eigenvalue weighted by Crippen LogP contribution is -2.49. The van der Waals surface area contributed by atoms with Gasteiger partial charge in [0.25, 0.3) is 0 Å². The lowest BCUT2D eigenvalue weighted by molar-refractivity contribution is -0.0724. The van der Waals surface area contributed by atoms with Gasteiger partial charge in [-0.25, -0.2) is 9.86 Å². The van der Waals surface area contributed by atoms with E-state index in [1.54, 1.807) is 7.11 Å². The first-order valence-corrected chi connectivity index (χ1v) is 8.51. The minimum atomic E-state index is -0.249. The Labute approximate surface area is 137 Å². The first-order chi connectivity index (χ1) is 11.2. The molecule has 2 aliphatic rings. The van der Waals surface area contributed by atoms with Crippen LogP contribution in [0.15, 0.2) is 30.3 Å². The van der Waals surface area contributed by atoms with Gasteiger partial charge in [0.2, 0.25) is 0 Å². The zero-order chi connectivity index (χ0) is 16.1. The van der Waals surface area contributed by atoms with Crippen molar-refractivity contribution in [2.24, 2.45) is 0 Å². The molecule has 1 aromatic rings. The topological polar surface area (TPSA) is 50.8 Å². The largest absolute Gasteiger partial charge is 0.376 e. The normalized spacial score (nSPS) is 27.9. The number of rotatable bonds is 4. The van der Waals surface area contributed by atoms with Gasteiger partial charge < -0.3 is 10.1 Å². The molecular formula is C18H26N2O3. The van der Waals surface area contributed by atoms with Crippen molar-refractivity contribution in [3.63, 3.8) is 0 Å². The summed E-state index contributed by atoms with van der Waals surface area (Å²) in [5.41, 5.74) is 1.16. The molecule has 0 atom stereocenters. The highest BCUT2D eigenvalue weighted by Crippen LogP contribution is 2.39. The van der Waals surface area contributed by atoms with Crippen molar-refractivity contribution < 1.29 is 14.4 Å². The Morgan fingerprint density at radius 3 is 2.70 bits per heavy atom. The zero-order valence-corrected chi connectivity index (χ0v) is 13.8. The number of carbonyl (C=O) groups excluding carboxylic acids is 1. The average Bonchev–Trinajstić information content (AvgIpc) is 3.16. The highest BCUT2D eigenvalue weighted by atomic mass is 16.7. The molecule has 0 bridgehead atoms. The monoisotopic (exact) mass is 318 g/mol. The Bertz CT molecular complexity index is 506. The number of nitrogens with zero attached hydrogens (tertiary/aromatic N) is 1. The third-order valence-electron chi connectivity index (χ3n) is 5.14. The molecule has 1 heterocycles. The lowest BCUT2D eigenvalue weighted by Gasteiger charge is -2.39. The summed E-state index contributed by atoms with van der Waals surface area (Å²) >= 11 is 0. The molecular weight excluding hydrogens is 292 g/mol. The molecule has 5 heteroatoms. The van der Waals surface area contributed by atoms with Gasteiger partial charge in [0, 0.05) is 13.7 Å². The van der Waals surface area contributed by atoms with E-state index in [0.717, 1.165) is 32.1 Å². The molecule has 0 unspecified atom stereocenters. The second kappa shape index (κ2) is 7.32. The summed E-state index contributed by atoms with van der Waals surface area (Å²) in [5, 5.41) is 4.39. The molecule has 5 nitrogen and oxygen atoms in total. The maximum absolute atomic E-state index is 12.1. The number of hydrogen-bond donors (Lipinski definition) is 1. The SMILES string of the molecule is COC1(CNC(=O)N2CCCO2)CCC(c2ccccc2)CC1. The van der Waals surface area contributed by atoms with Crippen LogP contribution < -0.4 is 5.32 Å². The Kier molecular flexibility index (Phi) is 5.18. The molecule has 1 saturated heterocycles. The third-order valence-corrected chi connectivity index (χ3v) is 5.14. The molecule has 0 aromatic heterocycles. The summed E-state index contributed by atoms with van der Waals surface area (Å²) in [6.07, 6.45) is 5.01. The van der Waals surface area contributed by atoms with Gasteiger partial charge in [-0.3, -0.25) is 4.84 Å². The molecule has 1 aromatic carbocycles. The van der Waals surface area contributed by atoms with Crippen LogP contribution in [0.3, 0.4) is 0 Å². The van der Waals surface area contributed by atoms with Gasteiger partial charge in [0.15, 0.2) is 0 Å². The van der Waals surface area contributed by atoms with Gasteiger partial charge in [-0.05, 0) is 43.6 Å². The van der Waals surface area contributed by atoms with Crippen molar-refractivity contribution in [1.29, 1.82) is 0 Å². The standard InChI is InChI=1S/C18H26N2O3/c1-22-18(14-19-17(21)20-12-5-13-23-20)10-8-16(9-11-18)15-6-3-2-4-7-15/h2-4,6-7,16H,5,8-14H2,1H3,(H,19,21). The average molecular weight is 318 g/mol. The molecule has 1 aliphatic heterocycles. The minimum absolute atomic E-state index is 0.149. The first kappa shape index (κ1) is 16.3. The Morgan fingerprint density at radius 1 is 1.35 bits per heavy atom. The number of hydroxylamine groups is 2. The smallest absolute Gasteiger partial charge is 0.341 e. The summed E-state index contributed by atoms with van der Waals surface area (Å²) in [7, 11) is 1.75. The van der Waals surface area contributed by atoms with Gasteiger partial charge in [-0.2, -0.15) is 0 Å². The van der Waals surface area contributed by atoms with Crippen LogP contribution in [0.1, 0.15) is 43.6 Å². The van der Waals surface area contributed by atoms with Gasteiger partial charge in [0.05, 0.1) is 18.8 Å². The number of hydrogen-bond acceptors (Lipinski definition) is 3. The van der Waals surface area contributed by atoms with Crippen LogP contribution in [0.25, 0.3) is 0 Å². The van der Waals surface area contributed by atoms with Crippen LogP contribution in [-0.4, -0.2) is 43.5 Å². The van der Waals surface area contributed by atoms with E-state index in [2.05, 4.69) is 35.6 Å². The Hall–Kier alpha value is -1.59. The highest BCUT2D eigenvalue weighted by Gasteiger charge is 2.36. The number of benzene rings is 1. The van der Waals surface area contributed by atoms with E-state index in [0.29, 0.717) is 25.6 Å². The van der Waals surface area contributed by atoms with E-state index in [1.807, 2.05) is 0 Å². The van der Waals surface area contributed by atoms with Gasteiger partial charge >= 0.3 is 6.03 Å². The molecule has 1 saturated carbocycles. The number of nitrogens with one attached hydrogen (secondary N) is 1. The molecule has 1 aliphatic carbocycles. The number of carbonyl (C=O) groups is 1. The second-order valence-electron chi connectivity index (χ2n) is 6.52. The molecule has 23 heavy (non-hydrogen) atoms. The van der Waals surface area contributed by atoms with Crippen molar-refractivity contribution >= 4 is 6.03 Å². The van der Waals surface area contributed by atoms with Crippen LogP contribution in [0, 0.1) is 0 Å². The molecule has 2 amide bonds.